The number of carbonyl (C=O) groups excluding carboxylic acids is 1. The van der Waals surface area contributed by atoms with Gasteiger partial charge in [0.1, 0.15) is 6.54 Å². The highest BCUT2D eigenvalue weighted by molar-refractivity contribution is 7.99. The summed E-state index contributed by atoms with van der Waals surface area (Å²) >= 11 is 1.90. The first kappa shape index (κ1) is 15.2. The van der Waals surface area contributed by atoms with E-state index >= 15 is 0 Å². The molecule has 1 heterocycles. The monoisotopic (exact) mass is 296 g/mol. The summed E-state index contributed by atoms with van der Waals surface area (Å²) in [4.78, 5) is 12.1. The first-order valence-corrected chi connectivity index (χ1v) is 8.41. The van der Waals surface area contributed by atoms with Crippen LogP contribution >= 0.6 is 11.8 Å². The molecule has 1 aliphatic carbocycles. The molecule has 1 aliphatic rings. The molecule has 1 aromatic heterocycles. The molecule has 0 bridgehead atoms. The van der Waals surface area contributed by atoms with Gasteiger partial charge in [0.25, 0.3) is 0 Å². The molecule has 0 saturated heterocycles. The van der Waals surface area contributed by atoms with Crippen molar-refractivity contribution in [1.82, 2.24) is 15.1 Å². The molecule has 1 saturated carbocycles. The van der Waals surface area contributed by atoms with Gasteiger partial charge in [-0.3, -0.25) is 9.48 Å². The second-order valence-electron chi connectivity index (χ2n) is 5.53. The predicted octanol–water partition coefficient (Wildman–Crippen LogP) is 1.87. The van der Waals surface area contributed by atoms with Gasteiger partial charge in [-0.1, -0.05) is 6.42 Å². The van der Waals surface area contributed by atoms with Crippen LogP contribution in [0.3, 0.4) is 0 Å². The van der Waals surface area contributed by atoms with Crippen LogP contribution < -0.4 is 11.1 Å². The zero-order chi connectivity index (χ0) is 14.7. The summed E-state index contributed by atoms with van der Waals surface area (Å²) in [5, 5.41) is 8.11. The van der Waals surface area contributed by atoms with E-state index < -0.39 is 0 Å². The van der Waals surface area contributed by atoms with Gasteiger partial charge in [0.2, 0.25) is 5.91 Å². The number of hydrogen-bond acceptors (Lipinski definition) is 4. The zero-order valence-electron chi connectivity index (χ0n) is 12.5. The summed E-state index contributed by atoms with van der Waals surface area (Å²) in [7, 11) is 0. The van der Waals surface area contributed by atoms with Crippen molar-refractivity contribution in [2.24, 2.45) is 0 Å². The van der Waals surface area contributed by atoms with Gasteiger partial charge in [-0.15, -0.1) is 0 Å². The number of aryl methyl sites for hydroxylation is 1. The minimum absolute atomic E-state index is 0.0300. The highest BCUT2D eigenvalue weighted by Crippen LogP contribution is 2.26. The van der Waals surface area contributed by atoms with Crippen LogP contribution in [-0.2, 0) is 11.3 Å². The summed E-state index contributed by atoms with van der Waals surface area (Å²) in [5.74, 6) is 0.0300. The topological polar surface area (TPSA) is 72.9 Å². The van der Waals surface area contributed by atoms with Gasteiger partial charge in [0.05, 0.1) is 17.1 Å². The standard InChI is InChI=1S/C14H24N4OS/c1-9-14(15)10(2)18(17-9)8-13(19)16-11-5-4-6-12(7-11)20-3/h11-12H,4-8,15H2,1-3H3,(H,16,19). The van der Waals surface area contributed by atoms with Gasteiger partial charge in [-0.2, -0.15) is 16.9 Å². The maximum Gasteiger partial charge on any atom is 0.241 e. The van der Waals surface area contributed by atoms with E-state index in [2.05, 4.69) is 16.7 Å². The van der Waals surface area contributed by atoms with Crippen LogP contribution in [-0.4, -0.2) is 33.2 Å². The molecule has 6 heteroatoms. The Balaban J connectivity index is 1.90. The number of nitrogens with one attached hydrogen (secondary N) is 1. The third-order valence-corrected chi connectivity index (χ3v) is 5.15. The summed E-state index contributed by atoms with van der Waals surface area (Å²) < 4.78 is 1.69. The lowest BCUT2D eigenvalue weighted by Gasteiger charge is -2.28. The number of amides is 1. The van der Waals surface area contributed by atoms with Gasteiger partial charge in [0.15, 0.2) is 0 Å². The van der Waals surface area contributed by atoms with Crippen molar-refractivity contribution >= 4 is 23.4 Å². The molecule has 0 spiro atoms. The van der Waals surface area contributed by atoms with Crippen LogP contribution in [0, 0.1) is 13.8 Å². The van der Waals surface area contributed by atoms with Crippen LogP contribution in [0.2, 0.25) is 0 Å². The first-order chi connectivity index (χ1) is 9.51. The molecule has 2 atom stereocenters. The number of carbonyl (C=O) groups is 1. The average molecular weight is 296 g/mol. The number of nitrogens with two attached hydrogens (primary N) is 1. The Labute approximate surface area is 124 Å². The van der Waals surface area contributed by atoms with E-state index in [1.165, 1.54) is 12.8 Å². The lowest BCUT2D eigenvalue weighted by atomic mass is 9.95. The fourth-order valence-corrected chi connectivity index (χ4v) is 3.59. The normalized spacial score (nSPS) is 22.8. The predicted molar refractivity (Wildman–Crippen MR) is 83.8 cm³/mol. The smallest absolute Gasteiger partial charge is 0.241 e. The quantitative estimate of drug-likeness (QED) is 0.889. The molecule has 1 aromatic rings. The molecule has 0 aliphatic heterocycles. The minimum atomic E-state index is 0.0300. The number of hydrogen-bond donors (Lipinski definition) is 2. The Bertz CT molecular complexity index is 486. The second kappa shape index (κ2) is 6.52. The van der Waals surface area contributed by atoms with E-state index in [0.717, 1.165) is 24.2 Å². The largest absolute Gasteiger partial charge is 0.396 e. The van der Waals surface area contributed by atoms with Crippen LogP contribution in [0.1, 0.15) is 37.1 Å². The van der Waals surface area contributed by atoms with Crippen LogP contribution in [0.15, 0.2) is 0 Å². The van der Waals surface area contributed by atoms with Gasteiger partial charge >= 0.3 is 0 Å². The molecule has 112 valence electrons. The number of aromatic nitrogens is 2. The van der Waals surface area contributed by atoms with E-state index in [9.17, 15) is 4.79 Å². The zero-order valence-corrected chi connectivity index (χ0v) is 13.3. The van der Waals surface area contributed by atoms with E-state index in [-0.39, 0.29) is 12.5 Å². The number of nitrogen functional groups attached to an aromatic ring is 1. The molecule has 1 fully saturated rings. The van der Waals surface area contributed by atoms with Crippen molar-refractivity contribution in [2.45, 2.75) is 57.4 Å². The van der Waals surface area contributed by atoms with E-state index in [1.54, 1.807) is 4.68 Å². The maximum atomic E-state index is 12.1. The summed E-state index contributed by atoms with van der Waals surface area (Å²) in [5.41, 5.74) is 8.21. The summed E-state index contributed by atoms with van der Waals surface area (Å²) in [6, 6.07) is 0.308. The number of thioether (sulfide) groups is 1. The fourth-order valence-electron chi connectivity index (χ4n) is 2.76. The highest BCUT2D eigenvalue weighted by Gasteiger charge is 2.23. The molecule has 2 rings (SSSR count). The van der Waals surface area contributed by atoms with Gasteiger partial charge < -0.3 is 11.1 Å². The van der Waals surface area contributed by atoms with Gasteiger partial charge in [-0.05, 0) is 39.4 Å². The van der Waals surface area contributed by atoms with Crippen LogP contribution in [0.4, 0.5) is 5.69 Å². The Morgan fingerprint density at radius 1 is 1.50 bits per heavy atom. The highest BCUT2D eigenvalue weighted by atomic mass is 32.2. The Hall–Kier alpha value is -1.17. The SMILES string of the molecule is CSC1CCCC(NC(=O)Cn2nc(C)c(N)c2C)C1. The van der Waals surface area contributed by atoms with E-state index in [4.69, 9.17) is 5.73 Å². The maximum absolute atomic E-state index is 12.1. The Morgan fingerprint density at radius 2 is 2.25 bits per heavy atom. The average Bonchev–Trinajstić information content (AvgIpc) is 2.66. The third kappa shape index (κ3) is 3.48. The van der Waals surface area contributed by atoms with E-state index in [0.29, 0.717) is 17.0 Å². The molecule has 2 unspecified atom stereocenters. The molecular formula is C14H24N4OS. The lowest BCUT2D eigenvalue weighted by molar-refractivity contribution is -0.122. The summed E-state index contributed by atoms with van der Waals surface area (Å²) in [6.45, 7) is 4.01. The number of rotatable bonds is 4. The summed E-state index contributed by atoms with van der Waals surface area (Å²) in [6.07, 6.45) is 6.77. The Kier molecular flexibility index (Phi) is 4.96. The first-order valence-electron chi connectivity index (χ1n) is 7.13. The van der Waals surface area contributed by atoms with Crippen molar-refractivity contribution < 1.29 is 4.79 Å². The molecule has 0 radical (unpaired) electrons. The number of nitrogens with zero attached hydrogens (tertiary/aromatic N) is 2. The van der Waals surface area contributed by atoms with Crippen LogP contribution in [0.25, 0.3) is 0 Å². The van der Waals surface area contributed by atoms with Crippen molar-refractivity contribution in [3.05, 3.63) is 11.4 Å². The van der Waals surface area contributed by atoms with Crippen molar-refractivity contribution in [1.29, 1.82) is 0 Å². The Morgan fingerprint density at radius 3 is 2.85 bits per heavy atom. The van der Waals surface area contributed by atoms with Gasteiger partial charge in [0, 0.05) is 11.3 Å². The van der Waals surface area contributed by atoms with Gasteiger partial charge in [-0.25, -0.2) is 0 Å². The fraction of sp³-hybridized carbons (Fsp3) is 0.714. The minimum Gasteiger partial charge on any atom is -0.396 e. The van der Waals surface area contributed by atoms with Crippen molar-refractivity contribution in [3.63, 3.8) is 0 Å². The van der Waals surface area contributed by atoms with Crippen LogP contribution in [0.5, 0.6) is 0 Å². The molecule has 5 nitrogen and oxygen atoms in total. The molecule has 3 N–H and O–H groups in total. The third-order valence-electron chi connectivity index (χ3n) is 4.06. The van der Waals surface area contributed by atoms with Crippen molar-refractivity contribution in [3.8, 4) is 0 Å². The number of anilines is 1. The molecule has 1 amide bonds. The van der Waals surface area contributed by atoms with E-state index in [1.807, 2.05) is 25.6 Å². The molecule has 20 heavy (non-hydrogen) atoms. The molecule has 0 aromatic carbocycles. The van der Waals surface area contributed by atoms with Crippen molar-refractivity contribution in [2.75, 3.05) is 12.0 Å². The second-order valence-corrected chi connectivity index (χ2v) is 6.67. The lowest BCUT2D eigenvalue weighted by Crippen LogP contribution is -2.40. The molecular weight excluding hydrogens is 272 g/mol.